The second-order valence-corrected chi connectivity index (χ2v) is 6.04. The Balaban J connectivity index is -0.000000218. The standard InChI is InChI=1S/2C3H8O4S.Sn.2H/c2*1-3(4)2-8(5,6)7;;;/h2*3-4H,2H2,1H3,(H,5,6,7);;;/q;;+2;;/p-2. The fourth-order valence-corrected chi connectivity index (χ4v) is 1.77. The molecule has 0 aromatic heterocycles. The predicted molar refractivity (Wildman–Crippen MR) is 61.0 cm³/mol. The number of aliphatic hydroxyl groups is 2. The summed E-state index contributed by atoms with van der Waals surface area (Å²) in [4.78, 5) is 0. The molecule has 0 aromatic rings. The first-order chi connectivity index (χ1) is 6.83. The van der Waals surface area contributed by atoms with Crippen molar-refractivity contribution in [2.24, 2.45) is 0 Å². The normalized spacial score (nSPS) is 14.9. The third kappa shape index (κ3) is 31.5. The fraction of sp³-hybridized carbons (Fsp3) is 1.00. The zero-order chi connectivity index (χ0) is 13.6. The van der Waals surface area contributed by atoms with Crippen LogP contribution in [0.5, 0.6) is 0 Å². The van der Waals surface area contributed by atoms with Gasteiger partial charge in [-0.2, -0.15) is 0 Å². The Hall–Kier alpha value is 0.539. The number of hydrogen-bond donors (Lipinski definition) is 2. The van der Waals surface area contributed by atoms with Gasteiger partial charge in [0, 0.05) is 0 Å². The second-order valence-electron chi connectivity index (χ2n) is 3.15. The van der Waals surface area contributed by atoms with Crippen LogP contribution in [0, 0.1) is 0 Å². The minimum atomic E-state index is -4.22. The summed E-state index contributed by atoms with van der Waals surface area (Å²) in [5, 5.41) is 16.6. The molecule has 0 spiro atoms. The fourth-order valence-electron chi connectivity index (χ4n) is 0.591. The Morgan fingerprint density at radius 1 is 0.882 bits per heavy atom. The Bertz CT molecular complexity index is 333. The first kappa shape index (κ1) is 22.7. The van der Waals surface area contributed by atoms with Gasteiger partial charge in [0.25, 0.3) is 0 Å². The molecule has 0 radical (unpaired) electrons. The van der Waals surface area contributed by atoms with E-state index in [1.807, 2.05) is 0 Å². The molecule has 0 heterocycles. The minimum absolute atomic E-state index is 0. The van der Waals surface area contributed by atoms with Gasteiger partial charge in [-0.15, -0.1) is 0 Å². The third-order valence-corrected chi connectivity index (χ3v) is 2.67. The molecule has 17 heavy (non-hydrogen) atoms. The summed E-state index contributed by atoms with van der Waals surface area (Å²) in [5.74, 6) is -1.40. The molecule has 0 saturated heterocycles. The van der Waals surface area contributed by atoms with Crippen LogP contribution in [0.1, 0.15) is 13.8 Å². The zero-order valence-electron chi connectivity index (χ0n) is 9.44. The van der Waals surface area contributed by atoms with Gasteiger partial charge in [0.2, 0.25) is 0 Å². The molecule has 2 N–H and O–H groups in total. The van der Waals surface area contributed by atoms with Crippen LogP contribution in [-0.4, -0.2) is 83.8 Å². The van der Waals surface area contributed by atoms with Gasteiger partial charge >= 0.3 is 23.9 Å². The SMILES string of the molecule is CC(O)CS(=O)(=O)[O-].CC(O)CS(=O)(=O)[O-].[SnH2+2]. The van der Waals surface area contributed by atoms with Gasteiger partial charge in [0.15, 0.2) is 0 Å². The summed E-state index contributed by atoms with van der Waals surface area (Å²) < 4.78 is 58.4. The van der Waals surface area contributed by atoms with E-state index in [-0.39, 0.29) is 23.9 Å². The van der Waals surface area contributed by atoms with E-state index in [2.05, 4.69) is 0 Å². The summed E-state index contributed by atoms with van der Waals surface area (Å²) in [6, 6.07) is 0. The van der Waals surface area contributed by atoms with E-state index >= 15 is 0 Å². The van der Waals surface area contributed by atoms with Crippen molar-refractivity contribution in [3.63, 3.8) is 0 Å². The first-order valence-electron chi connectivity index (χ1n) is 4.06. The molecule has 0 amide bonds. The van der Waals surface area contributed by atoms with Crippen LogP contribution in [0.3, 0.4) is 0 Å². The molecule has 0 rings (SSSR count). The Kier molecular flexibility index (Phi) is 12.6. The maximum absolute atomic E-state index is 9.73. The molecule has 2 atom stereocenters. The predicted octanol–water partition coefficient (Wildman–Crippen LogP) is -3.09. The number of rotatable bonds is 4. The monoisotopic (exact) mass is 400 g/mol. The van der Waals surface area contributed by atoms with E-state index in [0.29, 0.717) is 0 Å². The van der Waals surface area contributed by atoms with Crippen LogP contribution in [0.4, 0.5) is 0 Å². The molecule has 2 unspecified atom stereocenters. The molecule has 0 aliphatic carbocycles. The van der Waals surface area contributed by atoms with Crippen molar-refractivity contribution in [1.29, 1.82) is 0 Å². The Labute approximate surface area is 117 Å². The van der Waals surface area contributed by atoms with Crippen molar-refractivity contribution in [3.8, 4) is 0 Å². The van der Waals surface area contributed by atoms with Crippen molar-refractivity contribution >= 4 is 44.1 Å². The van der Waals surface area contributed by atoms with E-state index in [4.69, 9.17) is 10.2 Å². The Morgan fingerprint density at radius 3 is 1.06 bits per heavy atom. The average Bonchev–Trinajstić information content (AvgIpc) is 1.72. The molecule has 104 valence electrons. The van der Waals surface area contributed by atoms with Crippen molar-refractivity contribution in [2.45, 2.75) is 26.1 Å². The van der Waals surface area contributed by atoms with Crippen LogP contribution >= 0.6 is 0 Å². The van der Waals surface area contributed by atoms with Crippen LogP contribution in [0.15, 0.2) is 0 Å². The summed E-state index contributed by atoms with van der Waals surface area (Å²) in [6.07, 6.45) is -2.12. The third-order valence-electron chi connectivity index (χ3n) is 0.891. The molecule has 0 saturated carbocycles. The summed E-state index contributed by atoms with van der Waals surface area (Å²) in [7, 11) is -8.45. The molecule has 0 aromatic carbocycles. The zero-order valence-corrected chi connectivity index (χ0v) is 15.1. The van der Waals surface area contributed by atoms with Gasteiger partial charge in [0.1, 0.15) is 0 Å². The molecule has 0 aliphatic heterocycles. The van der Waals surface area contributed by atoms with E-state index in [1.54, 1.807) is 0 Å². The average molecular weight is 399 g/mol. The molecular formula is C6H16O8S2Sn. The topological polar surface area (TPSA) is 155 Å². The van der Waals surface area contributed by atoms with E-state index in [1.165, 1.54) is 13.8 Å². The second kappa shape index (κ2) is 9.47. The van der Waals surface area contributed by atoms with E-state index < -0.39 is 43.9 Å². The molecule has 0 fully saturated rings. The van der Waals surface area contributed by atoms with Crippen LogP contribution in [0.2, 0.25) is 0 Å². The molecule has 0 bridgehead atoms. The van der Waals surface area contributed by atoms with Crippen molar-refractivity contribution in [3.05, 3.63) is 0 Å². The first-order valence-corrected chi connectivity index (χ1v) is 7.22. The van der Waals surface area contributed by atoms with Crippen molar-refractivity contribution in [1.82, 2.24) is 0 Å². The molecular weight excluding hydrogens is 383 g/mol. The summed E-state index contributed by atoms with van der Waals surface area (Å²) in [6.45, 7) is 2.49. The molecule has 8 nitrogen and oxygen atoms in total. The molecule has 0 aliphatic rings. The molecule has 11 heteroatoms. The van der Waals surface area contributed by atoms with E-state index in [9.17, 15) is 25.9 Å². The van der Waals surface area contributed by atoms with Crippen LogP contribution < -0.4 is 0 Å². The van der Waals surface area contributed by atoms with Gasteiger partial charge in [-0.3, -0.25) is 0 Å². The maximum atomic E-state index is 9.73. The number of aliphatic hydroxyl groups excluding tert-OH is 2. The van der Waals surface area contributed by atoms with Crippen LogP contribution in [0.25, 0.3) is 0 Å². The van der Waals surface area contributed by atoms with E-state index in [0.717, 1.165) is 0 Å². The summed E-state index contributed by atoms with van der Waals surface area (Å²) >= 11 is 0. The van der Waals surface area contributed by atoms with Gasteiger partial charge in [-0.05, 0) is 13.8 Å². The van der Waals surface area contributed by atoms with Crippen molar-refractivity contribution in [2.75, 3.05) is 11.5 Å². The Morgan fingerprint density at radius 2 is 1.06 bits per heavy atom. The van der Waals surface area contributed by atoms with Gasteiger partial charge in [0.05, 0.1) is 43.9 Å². The van der Waals surface area contributed by atoms with Crippen molar-refractivity contribution < 1.29 is 36.2 Å². The van der Waals surface area contributed by atoms with Gasteiger partial charge in [-0.25, -0.2) is 16.8 Å². The van der Waals surface area contributed by atoms with Crippen LogP contribution in [-0.2, 0) is 20.2 Å². The van der Waals surface area contributed by atoms with Gasteiger partial charge < -0.3 is 19.3 Å². The summed E-state index contributed by atoms with van der Waals surface area (Å²) in [5.41, 5.74) is 0. The van der Waals surface area contributed by atoms with Gasteiger partial charge in [-0.1, -0.05) is 0 Å². The quantitative estimate of drug-likeness (QED) is 0.372. The number of hydrogen-bond acceptors (Lipinski definition) is 8.